The molecule has 0 saturated carbocycles. The highest BCUT2D eigenvalue weighted by Crippen LogP contribution is 2.22. The van der Waals surface area contributed by atoms with Crippen LogP contribution in [0.15, 0.2) is 21.4 Å². The van der Waals surface area contributed by atoms with E-state index in [-0.39, 0.29) is 15.9 Å². The number of nitrogens with one attached hydrogen (secondary N) is 1. The summed E-state index contributed by atoms with van der Waals surface area (Å²) < 4.78 is 39.6. The van der Waals surface area contributed by atoms with Crippen molar-refractivity contribution in [1.29, 1.82) is 0 Å². The van der Waals surface area contributed by atoms with Crippen LogP contribution in [-0.2, 0) is 6.42 Å². The van der Waals surface area contributed by atoms with Crippen LogP contribution in [0.25, 0.3) is 11.4 Å². The van der Waals surface area contributed by atoms with Gasteiger partial charge in [0.1, 0.15) is 10.3 Å². The van der Waals surface area contributed by atoms with Gasteiger partial charge in [-0.25, -0.2) is 18.2 Å². The van der Waals surface area contributed by atoms with Crippen LogP contribution < -0.4 is 5.56 Å². The van der Waals surface area contributed by atoms with E-state index in [2.05, 4.69) is 25.9 Å². The number of rotatable bonds is 3. The van der Waals surface area contributed by atoms with Gasteiger partial charge in [-0.2, -0.15) is 0 Å². The first-order valence-corrected chi connectivity index (χ1v) is 6.67. The van der Waals surface area contributed by atoms with Crippen molar-refractivity contribution in [3.63, 3.8) is 0 Å². The summed E-state index contributed by atoms with van der Waals surface area (Å²) in [6.07, 6.45) is 1.28. The molecule has 0 amide bonds. The monoisotopic (exact) mass is 346 g/mol. The van der Waals surface area contributed by atoms with Crippen LogP contribution in [0.3, 0.4) is 0 Å². The second-order valence-electron chi connectivity index (χ2n) is 4.18. The minimum absolute atomic E-state index is 0.000509. The van der Waals surface area contributed by atoms with Crippen LogP contribution in [0.2, 0.25) is 0 Å². The summed E-state index contributed by atoms with van der Waals surface area (Å²) in [6.45, 7) is 1.91. The Hall–Kier alpha value is -1.63. The number of H-pyrrole nitrogens is 1. The lowest BCUT2D eigenvalue weighted by atomic mass is 10.1. The van der Waals surface area contributed by atoms with Crippen molar-refractivity contribution in [2.75, 3.05) is 0 Å². The SMILES string of the molecule is CCCc1nc(-c2cc(F)c(F)c(F)c2)[nH]c(=O)c1Br. The van der Waals surface area contributed by atoms with Crippen molar-refractivity contribution in [1.82, 2.24) is 9.97 Å². The average molecular weight is 347 g/mol. The maximum absolute atomic E-state index is 13.2. The molecule has 0 bridgehead atoms. The first-order valence-electron chi connectivity index (χ1n) is 5.87. The number of halogens is 4. The second kappa shape index (κ2) is 5.78. The highest BCUT2D eigenvalue weighted by atomic mass is 79.9. The van der Waals surface area contributed by atoms with Crippen LogP contribution in [0.1, 0.15) is 19.0 Å². The third-order valence-corrected chi connectivity index (χ3v) is 3.49. The summed E-state index contributed by atoms with van der Waals surface area (Å²) in [5, 5.41) is 0. The molecule has 20 heavy (non-hydrogen) atoms. The number of benzene rings is 1. The molecular weight excluding hydrogens is 337 g/mol. The molecule has 0 atom stereocenters. The van der Waals surface area contributed by atoms with Gasteiger partial charge in [-0.1, -0.05) is 13.3 Å². The normalized spacial score (nSPS) is 10.8. The largest absolute Gasteiger partial charge is 0.306 e. The lowest BCUT2D eigenvalue weighted by Gasteiger charge is -2.07. The van der Waals surface area contributed by atoms with Gasteiger partial charge in [0.05, 0.1) is 5.69 Å². The van der Waals surface area contributed by atoms with Gasteiger partial charge < -0.3 is 4.98 Å². The third kappa shape index (κ3) is 2.77. The van der Waals surface area contributed by atoms with Crippen LogP contribution >= 0.6 is 15.9 Å². The Morgan fingerprint density at radius 3 is 2.40 bits per heavy atom. The van der Waals surface area contributed by atoms with Crippen molar-refractivity contribution >= 4 is 15.9 Å². The Balaban J connectivity index is 2.61. The Labute approximate surface area is 121 Å². The first kappa shape index (κ1) is 14.8. The quantitative estimate of drug-likeness (QED) is 0.863. The van der Waals surface area contributed by atoms with Crippen molar-refractivity contribution < 1.29 is 13.2 Å². The van der Waals surface area contributed by atoms with Crippen LogP contribution in [-0.4, -0.2) is 9.97 Å². The summed E-state index contributed by atoms with van der Waals surface area (Å²) in [4.78, 5) is 18.3. The van der Waals surface area contributed by atoms with Gasteiger partial charge >= 0.3 is 0 Å². The Bertz CT molecular complexity index is 692. The second-order valence-corrected chi connectivity index (χ2v) is 4.97. The van der Waals surface area contributed by atoms with E-state index in [1.807, 2.05) is 6.92 Å². The van der Waals surface area contributed by atoms with E-state index < -0.39 is 23.0 Å². The molecule has 0 unspecified atom stereocenters. The summed E-state index contributed by atoms with van der Waals surface area (Å²) in [5.74, 6) is -4.22. The highest BCUT2D eigenvalue weighted by Gasteiger charge is 2.15. The zero-order valence-electron chi connectivity index (χ0n) is 10.4. The number of aryl methyl sites for hydroxylation is 1. The van der Waals surface area contributed by atoms with Crippen LogP contribution in [0.4, 0.5) is 13.2 Å². The van der Waals surface area contributed by atoms with Gasteiger partial charge in [-0.15, -0.1) is 0 Å². The molecule has 0 aliphatic rings. The maximum Gasteiger partial charge on any atom is 0.265 e. The molecule has 0 aliphatic heterocycles. The zero-order valence-corrected chi connectivity index (χ0v) is 12.0. The minimum atomic E-state index is -1.55. The first-order chi connectivity index (χ1) is 9.43. The Kier molecular flexibility index (Phi) is 4.27. The van der Waals surface area contributed by atoms with E-state index in [1.54, 1.807) is 0 Å². The summed E-state index contributed by atoms with van der Waals surface area (Å²) in [6, 6.07) is 1.58. The fourth-order valence-electron chi connectivity index (χ4n) is 1.74. The van der Waals surface area contributed by atoms with E-state index in [9.17, 15) is 18.0 Å². The molecule has 3 nitrogen and oxygen atoms in total. The molecule has 7 heteroatoms. The van der Waals surface area contributed by atoms with Gasteiger partial charge in [-0.05, 0) is 34.5 Å². The standard InChI is InChI=1S/C13H10BrF3N2O/c1-2-3-9-10(14)13(20)19-12(18-9)6-4-7(15)11(17)8(16)5-6/h4-5H,2-3H2,1H3,(H,18,19,20). The third-order valence-electron chi connectivity index (χ3n) is 2.68. The molecule has 0 radical (unpaired) electrons. The van der Waals surface area contributed by atoms with E-state index in [0.29, 0.717) is 12.1 Å². The maximum atomic E-state index is 13.2. The van der Waals surface area contributed by atoms with Crippen molar-refractivity contribution in [2.24, 2.45) is 0 Å². The smallest absolute Gasteiger partial charge is 0.265 e. The molecule has 1 aromatic heterocycles. The van der Waals surface area contributed by atoms with E-state index in [1.165, 1.54) is 0 Å². The summed E-state index contributed by atoms with van der Waals surface area (Å²) >= 11 is 3.11. The highest BCUT2D eigenvalue weighted by molar-refractivity contribution is 9.10. The van der Waals surface area contributed by atoms with Crippen molar-refractivity contribution in [2.45, 2.75) is 19.8 Å². The van der Waals surface area contributed by atoms with Gasteiger partial charge in [0.15, 0.2) is 17.5 Å². The molecule has 0 fully saturated rings. The van der Waals surface area contributed by atoms with E-state index >= 15 is 0 Å². The van der Waals surface area contributed by atoms with E-state index in [4.69, 9.17) is 0 Å². The zero-order chi connectivity index (χ0) is 14.9. The molecule has 0 spiro atoms. The number of aromatic amines is 1. The van der Waals surface area contributed by atoms with E-state index in [0.717, 1.165) is 18.6 Å². The predicted molar refractivity (Wildman–Crippen MR) is 71.9 cm³/mol. The average Bonchev–Trinajstić information content (AvgIpc) is 2.40. The molecular formula is C13H10BrF3N2O. The topological polar surface area (TPSA) is 45.8 Å². The summed E-state index contributed by atoms with van der Waals surface area (Å²) in [5.41, 5.74) is 0.00309. The predicted octanol–water partition coefficient (Wildman–Crippen LogP) is 3.57. The van der Waals surface area contributed by atoms with Crippen molar-refractivity contribution in [3.05, 3.63) is 50.1 Å². The summed E-state index contributed by atoms with van der Waals surface area (Å²) in [7, 11) is 0. The number of hydrogen-bond donors (Lipinski definition) is 1. The molecule has 2 rings (SSSR count). The van der Waals surface area contributed by atoms with Gasteiger partial charge in [0, 0.05) is 5.56 Å². The molecule has 0 aliphatic carbocycles. The molecule has 1 N–H and O–H groups in total. The fraction of sp³-hybridized carbons (Fsp3) is 0.231. The Morgan fingerprint density at radius 1 is 1.25 bits per heavy atom. The Morgan fingerprint density at radius 2 is 1.85 bits per heavy atom. The lowest BCUT2D eigenvalue weighted by molar-refractivity contribution is 0.447. The van der Waals surface area contributed by atoms with Crippen LogP contribution in [0, 0.1) is 17.5 Å². The molecule has 0 saturated heterocycles. The number of nitrogens with zero attached hydrogens (tertiary/aromatic N) is 1. The number of hydrogen-bond acceptors (Lipinski definition) is 2. The molecule has 106 valence electrons. The lowest BCUT2D eigenvalue weighted by Crippen LogP contribution is -2.14. The number of aromatic nitrogens is 2. The fourth-order valence-corrected chi connectivity index (χ4v) is 2.12. The molecule has 1 heterocycles. The van der Waals surface area contributed by atoms with Gasteiger partial charge in [0.25, 0.3) is 5.56 Å². The van der Waals surface area contributed by atoms with Gasteiger partial charge in [-0.3, -0.25) is 4.79 Å². The van der Waals surface area contributed by atoms with Gasteiger partial charge in [0.2, 0.25) is 0 Å². The molecule has 1 aromatic carbocycles. The van der Waals surface area contributed by atoms with Crippen LogP contribution in [0.5, 0.6) is 0 Å². The van der Waals surface area contributed by atoms with Crippen molar-refractivity contribution in [3.8, 4) is 11.4 Å². The minimum Gasteiger partial charge on any atom is -0.306 e. The molecule has 2 aromatic rings.